The first-order valence-electron chi connectivity index (χ1n) is 5.79. The van der Waals surface area contributed by atoms with Gasteiger partial charge in [0.25, 0.3) is 0 Å². The molecule has 0 fully saturated rings. The van der Waals surface area contributed by atoms with E-state index in [0.717, 1.165) is 13.0 Å². The van der Waals surface area contributed by atoms with E-state index in [1.54, 1.807) is 0 Å². The van der Waals surface area contributed by atoms with Crippen molar-refractivity contribution in [2.75, 3.05) is 33.8 Å². The van der Waals surface area contributed by atoms with Crippen molar-refractivity contribution in [3.63, 3.8) is 0 Å². The fraction of sp³-hybridized carbons (Fsp3) is 1.00. The van der Waals surface area contributed by atoms with E-state index in [2.05, 4.69) is 23.9 Å². The first kappa shape index (κ1) is 16.7. The number of ether oxygens (including phenoxy) is 1. The number of nitrogens with one attached hydrogen (secondary N) is 1. The van der Waals surface area contributed by atoms with Crippen LogP contribution in [-0.2, 0) is 4.74 Å². The van der Waals surface area contributed by atoms with E-state index in [9.17, 15) is 13.2 Å². The minimum atomic E-state index is -4.53. The standard InChI is InChI=1S/C11H23F3N2O/c1-9(2)7-10(8-16(3)4)15-5-6-17-11(12,13)14/h9-10,15H,5-8H2,1-4H3. The number of hydrogen-bond acceptors (Lipinski definition) is 3. The lowest BCUT2D eigenvalue weighted by Crippen LogP contribution is -2.41. The van der Waals surface area contributed by atoms with Gasteiger partial charge < -0.3 is 10.2 Å². The third kappa shape index (κ3) is 11.9. The zero-order valence-corrected chi connectivity index (χ0v) is 11.0. The SMILES string of the molecule is CC(C)CC(CN(C)C)NCCOC(F)(F)F. The fourth-order valence-corrected chi connectivity index (χ4v) is 1.66. The molecule has 104 valence electrons. The first-order chi connectivity index (χ1) is 7.70. The normalized spacial score (nSPS) is 14.6. The average molecular weight is 256 g/mol. The smallest absolute Gasteiger partial charge is 0.310 e. The summed E-state index contributed by atoms with van der Waals surface area (Å²) in [6.07, 6.45) is -3.60. The van der Waals surface area contributed by atoms with E-state index < -0.39 is 6.36 Å². The van der Waals surface area contributed by atoms with Crippen LogP contribution < -0.4 is 5.32 Å². The van der Waals surface area contributed by atoms with Gasteiger partial charge in [-0.1, -0.05) is 13.8 Å². The van der Waals surface area contributed by atoms with Crippen LogP contribution in [0.3, 0.4) is 0 Å². The van der Waals surface area contributed by atoms with Crippen molar-refractivity contribution in [1.82, 2.24) is 10.2 Å². The highest BCUT2D eigenvalue weighted by Crippen LogP contribution is 2.15. The fourth-order valence-electron chi connectivity index (χ4n) is 1.66. The van der Waals surface area contributed by atoms with Gasteiger partial charge in [-0.3, -0.25) is 4.74 Å². The average Bonchev–Trinajstić information content (AvgIpc) is 2.08. The summed E-state index contributed by atoms with van der Waals surface area (Å²) in [7, 11) is 3.89. The number of alkyl halides is 3. The summed E-state index contributed by atoms with van der Waals surface area (Å²) in [6, 6.07) is 0.196. The molecule has 0 aromatic carbocycles. The van der Waals surface area contributed by atoms with Crippen molar-refractivity contribution in [2.45, 2.75) is 32.7 Å². The molecule has 1 atom stereocenters. The van der Waals surface area contributed by atoms with Gasteiger partial charge in [-0.05, 0) is 26.4 Å². The number of rotatable bonds is 8. The van der Waals surface area contributed by atoms with Crippen LogP contribution in [0.25, 0.3) is 0 Å². The van der Waals surface area contributed by atoms with Gasteiger partial charge >= 0.3 is 6.36 Å². The third-order valence-electron chi connectivity index (χ3n) is 2.14. The number of nitrogens with zero attached hydrogens (tertiary/aromatic N) is 1. The Balaban J connectivity index is 3.83. The quantitative estimate of drug-likeness (QED) is 0.673. The Morgan fingerprint density at radius 3 is 2.24 bits per heavy atom. The molecule has 3 nitrogen and oxygen atoms in total. The second-order valence-corrected chi connectivity index (χ2v) is 4.84. The Hall–Kier alpha value is -0.330. The topological polar surface area (TPSA) is 24.5 Å². The molecule has 1 unspecified atom stereocenters. The molecule has 0 rings (SSSR count). The van der Waals surface area contributed by atoms with Gasteiger partial charge in [0.05, 0.1) is 6.61 Å². The van der Waals surface area contributed by atoms with Gasteiger partial charge in [-0.15, -0.1) is 13.2 Å². The van der Waals surface area contributed by atoms with Crippen molar-refractivity contribution < 1.29 is 17.9 Å². The highest BCUT2D eigenvalue weighted by Gasteiger charge is 2.28. The molecule has 0 amide bonds. The van der Waals surface area contributed by atoms with E-state index in [4.69, 9.17) is 0 Å². The monoisotopic (exact) mass is 256 g/mol. The molecule has 0 heterocycles. The first-order valence-corrected chi connectivity index (χ1v) is 5.79. The molecule has 0 radical (unpaired) electrons. The van der Waals surface area contributed by atoms with Crippen LogP contribution in [0.5, 0.6) is 0 Å². The van der Waals surface area contributed by atoms with E-state index in [0.29, 0.717) is 5.92 Å². The van der Waals surface area contributed by atoms with Crippen LogP contribution in [0, 0.1) is 5.92 Å². The molecular weight excluding hydrogens is 233 g/mol. The van der Waals surface area contributed by atoms with Crippen molar-refractivity contribution in [3.8, 4) is 0 Å². The number of halogens is 3. The van der Waals surface area contributed by atoms with E-state index in [1.165, 1.54) is 0 Å². The summed E-state index contributed by atoms with van der Waals surface area (Å²) in [6.45, 7) is 4.87. The van der Waals surface area contributed by atoms with Crippen LogP contribution in [-0.4, -0.2) is 51.1 Å². The summed E-state index contributed by atoms with van der Waals surface area (Å²) in [5.41, 5.74) is 0. The summed E-state index contributed by atoms with van der Waals surface area (Å²) >= 11 is 0. The highest BCUT2D eigenvalue weighted by molar-refractivity contribution is 4.71. The van der Waals surface area contributed by atoms with E-state index >= 15 is 0 Å². The van der Waals surface area contributed by atoms with Gasteiger partial charge in [0.2, 0.25) is 0 Å². The third-order valence-corrected chi connectivity index (χ3v) is 2.14. The zero-order chi connectivity index (χ0) is 13.5. The summed E-state index contributed by atoms with van der Waals surface area (Å²) in [5.74, 6) is 0.510. The molecule has 0 bridgehead atoms. The molecule has 17 heavy (non-hydrogen) atoms. The summed E-state index contributed by atoms with van der Waals surface area (Å²) in [4.78, 5) is 2.02. The van der Waals surface area contributed by atoms with Gasteiger partial charge in [-0.2, -0.15) is 0 Å². The molecular formula is C11H23F3N2O. The van der Waals surface area contributed by atoms with E-state index in [-0.39, 0.29) is 19.2 Å². The maximum atomic E-state index is 11.7. The largest absolute Gasteiger partial charge is 0.522 e. The summed E-state index contributed by atoms with van der Waals surface area (Å²) in [5, 5.41) is 3.09. The van der Waals surface area contributed by atoms with Crippen molar-refractivity contribution >= 4 is 0 Å². The maximum Gasteiger partial charge on any atom is 0.522 e. The molecule has 0 aromatic rings. The molecule has 1 N–H and O–H groups in total. The predicted molar refractivity (Wildman–Crippen MR) is 61.8 cm³/mol. The molecule has 0 aliphatic rings. The molecule has 0 aromatic heterocycles. The van der Waals surface area contributed by atoms with Crippen molar-refractivity contribution in [3.05, 3.63) is 0 Å². The zero-order valence-electron chi connectivity index (χ0n) is 11.0. The van der Waals surface area contributed by atoms with Crippen LogP contribution in [0.1, 0.15) is 20.3 Å². The minimum absolute atomic E-state index is 0.196. The maximum absolute atomic E-state index is 11.7. The minimum Gasteiger partial charge on any atom is -0.310 e. The Labute approximate surface area is 101 Å². The van der Waals surface area contributed by atoms with Crippen LogP contribution in [0.4, 0.5) is 13.2 Å². The number of likely N-dealkylation sites (N-methyl/N-ethyl adjacent to an activating group) is 1. The molecule has 0 aliphatic carbocycles. The van der Waals surface area contributed by atoms with Crippen LogP contribution in [0.15, 0.2) is 0 Å². The summed E-state index contributed by atoms with van der Waals surface area (Å²) < 4.78 is 38.9. The molecule has 0 spiro atoms. The van der Waals surface area contributed by atoms with Gasteiger partial charge in [-0.25, -0.2) is 0 Å². The Morgan fingerprint density at radius 1 is 1.24 bits per heavy atom. The van der Waals surface area contributed by atoms with Gasteiger partial charge in [0, 0.05) is 19.1 Å². The molecule has 6 heteroatoms. The molecule has 0 saturated carbocycles. The second kappa shape index (κ2) is 7.89. The highest BCUT2D eigenvalue weighted by atomic mass is 19.4. The lowest BCUT2D eigenvalue weighted by atomic mass is 10.0. The Morgan fingerprint density at radius 2 is 1.82 bits per heavy atom. The van der Waals surface area contributed by atoms with Gasteiger partial charge in [0.15, 0.2) is 0 Å². The Bertz CT molecular complexity index is 186. The van der Waals surface area contributed by atoms with Crippen molar-refractivity contribution in [2.24, 2.45) is 5.92 Å². The number of hydrogen-bond donors (Lipinski definition) is 1. The van der Waals surface area contributed by atoms with Crippen molar-refractivity contribution in [1.29, 1.82) is 0 Å². The van der Waals surface area contributed by atoms with Gasteiger partial charge in [0.1, 0.15) is 0 Å². The van der Waals surface area contributed by atoms with Crippen LogP contribution in [0.2, 0.25) is 0 Å². The van der Waals surface area contributed by atoms with Crippen LogP contribution >= 0.6 is 0 Å². The molecule has 0 saturated heterocycles. The van der Waals surface area contributed by atoms with E-state index in [1.807, 2.05) is 19.0 Å². The lowest BCUT2D eigenvalue weighted by molar-refractivity contribution is -0.323. The lowest BCUT2D eigenvalue weighted by Gasteiger charge is -2.24. The molecule has 0 aliphatic heterocycles. The predicted octanol–water partition coefficient (Wildman–Crippen LogP) is 2.09. The Kier molecular flexibility index (Phi) is 7.74. The second-order valence-electron chi connectivity index (χ2n) is 4.84.